The minimum Gasteiger partial charge on any atom is -0.407 e. The van der Waals surface area contributed by atoms with Gasteiger partial charge in [-0.15, -0.1) is 0 Å². The van der Waals surface area contributed by atoms with Crippen LogP contribution in [0.3, 0.4) is 0 Å². The Kier molecular flexibility index (Phi) is 5.30. The van der Waals surface area contributed by atoms with Gasteiger partial charge in [-0.3, -0.25) is 14.3 Å². The highest BCUT2D eigenvalue weighted by atomic mass is 16.4. The van der Waals surface area contributed by atoms with Gasteiger partial charge in [-0.25, -0.2) is 4.79 Å². The molecule has 4 rings (SSSR count). The maximum Gasteiger partial charge on any atom is 0.419 e. The Bertz CT molecular complexity index is 1010. The lowest BCUT2D eigenvalue weighted by Gasteiger charge is -2.32. The first-order valence-electron chi connectivity index (χ1n) is 9.75. The van der Waals surface area contributed by atoms with Crippen LogP contribution in [0.1, 0.15) is 28.8 Å². The van der Waals surface area contributed by atoms with Crippen molar-refractivity contribution in [3.05, 3.63) is 70.2 Å². The highest BCUT2D eigenvalue weighted by Crippen LogP contribution is 2.20. The summed E-state index contributed by atoms with van der Waals surface area (Å²) in [7, 11) is 1.64. The van der Waals surface area contributed by atoms with Crippen molar-refractivity contribution in [1.82, 2.24) is 14.8 Å². The number of aryl methyl sites for hydroxylation is 1. The number of hydrogen-bond acceptors (Lipinski definition) is 4. The molecule has 0 bridgehead atoms. The molecule has 3 aromatic rings. The predicted octanol–water partition coefficient (Wildman–Crippen LogP) is 2.77. The van der Waals surface area contributed by atoms with Crippen LogP contribution in [0.2, 0.25) is 0 Å². The minimum absolute atomic E-state index is 0.188. The van der Waals surface area contributed by atoms with E-state index in [9.17, 15) is 9.59 Å². The van der Waals surface area contributed by atoms with Crippen LogP contribution in [0.15, 0.2) is 57.7 Å². The van der Waals surface area contributed by atoms with Crippen LogP contribution < -0.4 is 11.1 Å². The van der Waals surface area contributed by atoms with E-state index in [-0.39, 0.29) is 5.91 Å². The van der Waals surface area contributed by atoms with Crippen molar-refractivity contribution in [1.29, 1.82) is 0 Å². The van der Waals surface area contributed by atoms with Crippen molar-refractivity contribution in [3.63, 3.8) is 0 Å². The second kappa shape index (κ2) is 8.02. The Morgan fingerprint density at radius 3 is 2.61 bits per heavy atom. The van der Waals surface area contributed by atoms with Gasteiger partial charge in [-0.2, -0.15) is 0 Å². The second-order valence-electron chi connectivity index (χ2n) is 7.50. The first-order chi connectivity index (χ1) is 13.6. The number of piperidine rings is 1. The highest BCUT2D eigenvalue weighted by Gasteiger charge is 2.21. The number of benzene rings is 2. The standard InChI is InChI=1S/C22H25N3O3/c1-24-19-9-5-8-18(20(19)28-22(24)27)21(26)23-14-16-10-12-25(13-11-16)15-17-6-3-2-4-7-17/h2-9,16H,10-15H2,1H3,(H,23,26). The van der Waals surface area contributed by atoms with Gasteiger partial charge in [0.15, 0.2) is 5.58 Å². The second-order valence-corrected chi connectivity index (χ2v) is 7.50. The van der Waals surface area contributed by atoms with Gasteiger partial charge in [0.2, 0.25) is 0 Å². The minimum atomic E-state index is -0.457. The van der Waals surface area contributed by atoms with Crippen molar-refractivity contribution in [2.45, 2.75) is 19.4 Å². The highest BCUT2D eigenvalue weighted by molar-refractivity contribution is 6.04. The molecule has 2 aromatic carbocycles. The van der Waals surface area contributed by atoms with E-state index >= 15 is 0 Å². The van der Waals surface area contributed by atoms with E-state index in [1.165, 1.54) is 10.1 Å². The lowest BCUT2D eigenvalue weighted by Crippen LogP contribution is -2.38. The molecule has 1 aromatic heterocycles. The number of hydrogen-bond donors (Lipinski definition) is 1. The van der Waals surface area contributed by atoms with Crippen molar-refractivity contribution in [2.75, 3.05) is 19.6 Å². The summed E-state index contributed by atoms with van der Waals surface area (Å²) in [6.07, 6.45) is 2.13. The Balaban J connectivity index is 1.32. The topological polar surface area (TPSA) is 67.5 Å². The molecule has 0 spiro atoms. The molecule has 0 atom stereocenters. The van der Waals surface area contributed by atoms with E-state index in [0.717, 1.165) is 32.5 Å². The maximum absolute atomic E-state index is 12.6. The molecule has 6 nitrogen and oxygen atoms in total. The Labute approximate surface area is 163 Å². The largest absolute Gasteiger partial charge is 0.419 e. The van der Waals surface area contributed by atoms with Crippen LogP contribution >= 0.6 is 0 Å². The number of nitrogens with one attached hydrogen (secondary N) is 1. The number of carbonyl (C=O) groups is 1. The number of aromatic nitrogens is 1. The van der Waals surface area contributed by atoms with Crippen LogP contribution in [-0.2, 0) is 13.6 Å². The van der Waals surface area contributed by atoms with E-state index in [2.05, 4.69) is 34.5 Å². The van der Waals surface area contributed by atoms with Crippen LogP contribution in [0.25, 0.3) is 11.1 Å². The van der Waals surface area contributed by atoms with E-state index in [4.69, 9.17) is 4.42 Å². The van der Waals surface area contributed by atoms with Gasteiger partial charge in [0.1, 0.15) is 0 Å². The average Bonchev–Trinajstić information content (AvgIpc) is 3.02. The Hall–Kier alpha value is -2.86. The van der Waals surface area contributed by atoms with Crippen molar-refractivity contribution in [3.8, 4) is 0 Å². The van der Waals surface area contributed by atoms with Gasteiger partial charge < -0.3 is 9.73 Å². The fourth-order valence-electron chi connectivity index (χ4n) is 3.85. The molecule has 1 N–H and O–H groups in total. The fraction of sp³-hybridized carbons (Fsp3) is 0.364. The number of carbonyl (C=O) groups excluding carboxylic acids is 1. The summed E-state index contributed by atoms with van der Waals surface area (Å²) in [5.41, 5.74) is 2.74. The predicted molar refractivity (Wildman–Crippen MR) is 108 cm³/mol. The molecular formula is C22H25N3O3. The van der Waals surface area contributed by atoms with Crippen molar-refractivity contribution >= 4 is 17.0 Å². The number of amides is 1. The first-order valence-corrected chi connectivity index (χ1v) is 9.75. The molecular weight excluding hydrogens is 354 g/mol. The van der Waals surface area contributed by atoms with Crippen molar-refractivity contribution in [2.24, 2.45) is 13.0 Å². The summed E-state index contributed by atoms with van der Waals surface area (Å²) in [6, 6.07) is 15.8. The molecule has 28 heavy (non-hydrogen) atoms. The molecule has 146 valence electrons. The van der Waals surface area contributed by atoms with Crippen LogP contribution in [0, 0.1) is 5.92 Å². The molecule has 1 amide bonds. The average molecular weight is 379 g/mol. The molecule has 1 saturated heterocycles. The van der Waals surface area contributed by atoms with Crippen LogP contribution in [0.4, 0.5) is 0 Å². The first kappa shape index (κ1) is 18.5. The molecule has 2 heterocycles. The molecule has 1 aliphatic heterocycles. The number of oxazole rings is 1. The van der Waals surface area contributed by atoms with Gasteiger partial charge in [-0.05, 0) is 49.5 Å². The molecule has 6 heteroatoms. The third-order valence-electron chi connectivity index (χ3n) is 5.57. The normalized spacial score (nSPS) is 15.8. The maximum atomic E-state index is 12.6. The number of nitrogens with zero attached hydrogens (tertiary/aromatic N) is 2. The lowest BCUT2D eigenvalue weighted by molar-refractivity contribution is 0.0936. The van der Waals surface area contributed by atoms with Crippen molar-refractivity contribution < 1.29 is 9.21 Å². The zero-order chi connectivity index (χ0) is 19.5. The molecule has 1 fully saturated rings. The number of likely N-dealkylation sites (tertiary alicyclic amines) is 1. The molecule has 0 unspecified atom stereocenters. The van der Waals surface area contributed by atoms with Gasteiger partial charge in [0, 0.05) is 20.1 Å². The summed E-state index contributed by atoms with van der Waals surface area (Å²) >= 11 is 0. The number of rotatable bonds is 5. The SMILES string of the molecule is Cn1c(=O)oc2c(C(=O)NCC3CCN(Cc4ccccc4)CC3)cccc21. The lowest BCUT2D eigenvalue weighted by atomic mass is 9.96. The summed E-state index contributed by atoms with van der Waals surface area (Å²) in [4.78, 5) is 26.8. The van der Waals surface area contributed by atoms with E-state index in [0.29, 0.717) is 29.1 Å². The van der Waals surface area contributed by atoms with E-state index in [1.54, 1.807) is 25.2 Å². The number of para-hydroxylation sites is 1. The Morgan fingerprint density at radius 1 is 1.11 bits per heavy atom. The van der Waals surface area contributed by atoms with E-state index < -0.39 is 5.76 Å². The third-order valence-corrected chi connectivity index (χ3v) is 5.57. The monoisotopic (exact) mass is 379 g/mol. The molecule has 0 radical (unpaired) electrons. The van der Waals surface area contributed by atoms with Crippen LogP contribution in [0.5, 0.6) is 0 Å². The Morgan fingerprint density at radius 2 is 1.86 bits per heavy atom. The summed E-state index contributed by atoms with van der Waals surface area (Å²) in [5.74, 6) is -0.175. The summed E-state index contributed by atoms with van der Waals surface area (Å²) in [5, 5.41) is 3.03. The van der Waals surface area contributed by atoms with E-state index in [1.807, 2.05) is 6.07 Å². The zero-order valence-electron chi connectivity index (χ0n) is 16.1. The van der Waals surface area contributed by atoms with Gasteiger partial charge in [0.25, 0.3) is 5.91 Å². The quantitative estimate of drug-likeness (QED) is 0.740. The molecule has 0 saturated carbocycles. The number of fused-ring (bicyclic) bond motifs is 1. The molecule has 0 aliphatic carbocycles. The van der Waals surface area contributed by atoms with Gasteiger partial charge in [-0.1, -0.05) is 36.4 Å². The zero-order valence-corrected chi connectivity index (χ0v) is 16.1. The smallest absolute Gasteiger partial charge is 0.407 e. The van der Waals surface area contributed by atoms with Crippen LogP contribution in [-0.4, -0.2) is 35.0 Å². The molecule has 1 aliphatic rings. The third kappa shape index (κ3) is 3.87. The summed E-state index contributed by atoms with van der Waals surface area (Å²) in [6.45, 7) is 3.71. The fourth-order valence-corrected chi connectivity index (χ4v) is 3.85. The summed E-state index contributed by atoms with van der Waals surface area (Å²) < 4.78 is 6.66. The van der Waals surface area contributed by atoms with Gasteiger partial charge in [0.05, 0.1) is 11.1 Å². The van der Waals surface area contributed by atoms with Gasteiger partial charge >= 0.3 is 5.76 Å².